The zero-order valence-electron chi connectivity index (χ0n) is 17.0. The van der Waals surface area contributed by atoms with Gasteiger partial charge in [-0.1, -0.05) is 42.5 Å². The molecule has 4 rings (SSSR count). The van der Waals surface area contributed by atoms with Crippen molar-refractivity contribution in [1.29, 1.82) is 0 Å². The van der Waals surface area contributed by atoms with E-state index in [-0.39, 0.29) is 11.7 Å². The molecular weight excluding hydrogens is 411 g/mol. The fraction of sp³-hybridized carbons (Fsp3) is 0.120. The average Bonchev–Trinajstić information content (AvgIpc) is 3.09. The van der Waals surface area contributed by atoms with E-state index in [1.807, 2.05) is 67.6 Å². The number of nitrogens with zero attached hydrogens (tertiary/aromatic N) is 2. The van der Waals surface area contributed by atoms with Gasteiger partial charge in [-0.2, -0.15) is 0 Å². The zero-order chi connectivity index (χ0) is 21.6. The Kier molecular flexibility index (Phi) is 6.48. The van der Waals surface area contributed by atoms with E-state index in [0.29, 0.717) is 28.9 Å². The van der Waals surface area contributed by atoms with Crippen molar-refractivity contribution in [2.24, 2.45) is 4.99 Å². The molecule has 1 aliphatic heterocycles. The second-order valence-electron chi connectivity index (χ2n) is 6.87. The maximum atomic E-state index is 13.1. The molecule has 0 aliphatic carbocycles. The van der Waals surface area contributed by atoms with Gasteiger partial charge in [-0.15, -0.1) is 0 Å². The minimum absolute atomic E-state index is 0.0854. The minimum Gasteiger partial charge on any atom is -0.489 e. The fourth-order valence-electron chi connectivity index (χ4n) is 3.05. The first-order valence-electron chi connectivity index (χ1n) is 9.95. The van der Waals surface area contributed by atoms with Gasteiger partial charge < -0.3 is 4.74 Å². The Morgan fingerprint density at radius 3 is 2.39 bits per heavy atom. The lowest BCUT2D eigenvalue weighted by Gasteiger charge is -2.11. The molecule has 1 amide bonds. The Morgan fingerprint density at radius 2 is 1.71 bits per heavy atom. The van der Waals surface area contributed by atoms with Crippen LogP contribution in [-0.2, 0) is 11.4 Å². The Balaban J connectivity index is 1.47. The molecule has 156 valence electrons. The highest BCUT2D eigenvalue weighted by atomic mass is 32.2. The van der Waals surface area contributed by atoms with Crippen molar-refractivity contribution >= 4 is 34.6 Å². The van der Waals surface area contributed by atoms with E-state index in [0.717, 1.165) is 16.9 Å². The first-order chi connectivity index (χ1) is 15.1. The Labute approximate surface area is 185 Å². The molecule has 1 saturated heterocycles. The third kappa shape index (κ3) is 5.22. The van der Waals surface area contributed by atoms with Crippen LogP contribution in [0.25, 0.3) is 6.08 Å². The predicted octanol–water partition coefficient (Wildman–Crippen LogP) is 6.03. The lowest BCUT2D eigenvalue weighted by Crippen LogP contribution is -2.28. The van der Waals surface area contributed by atoms with Gasteiger partial charge in [0.2, 0.25) is 0 Å². The first kappa shape index (κ1) is 20.9. The molecule has 0 bridgehead atoms. The summed E-state index contributed by atoms with van der Waals surface area (Å²) in [6.07, 6.45) is 1.85. The number of hydrogen-bond donors (Lipinski definition) is 0. The van der Waals surface area contributed by atoms with Crippen molar-refractivity contribution in [3.63, 3.8) is 0 Å². The van der Waals surface area contributed by atoms with Gasteiger partial charge in [-0.25, -0.2) is 9.38 Å². The Bertz CT molecular complexity index is 1110. The monoisotopic (exact) mass is 432 g/mol. The van der Waals surface area contributed by atoms with Gasteiger partial charge in [0.1, 0.15) is 18.2 Å². The summed E-state index contributed by atoms with van der Waals surface area (Å²) < 4.78 is 19.0. The smallest absolute Gasteiger partial charge is 0.266 e. The average molecular weight is 433 g/mol. The van der Waals surface area contributed by atoms with E-state index >= 15 is 0 Å². The third-order valence-electron chi connectivity index (χ3n) is 4.68. The van der Waals surface area contributed by atoms with Crippen LogP contribution >= 0.6 is 11.8 Å². The molecule has 1 heterocycles. The van der Waals surface area contributed by atoms with Crippen LogP contribution < -0.4 is 4.74 Å². The summed E-state index contributed by atoms with van der Waals surface area (Å²) in [7, 11) is 0. The minimum atomic E-state index is -0.316. The van der Waals surface area contributed by atoms with Crippen molar-refractivity contribution < 1.29 is 13.9 Å². The number of halogens is 1. The van der Waals surface area contributed by atoms with Crippen LogP contribution in [0.2, 0.25) is 0 Å². The molecule has 0 radical (unpaired) electrons. The van der Waals surface area contributed by atoms with Crippen molar-refractivity contribution in [2.45, 2.75) is 13.5 Å². The summed E-state index contributed by atoms with van der Waals surface area (Å²) in [5.74, 6) is 0.367. The van der Waals surface area contributed by atoms with Crippen LogP contribution in [0.1, 0.15) is 18.1 Å². The van der Waals surface area contributed by atoms with Gasteiger partial charge >= 0.3 is 0 Å². The van der Waals surface area contributed by atoms with Gasteiger partial charge in [-0.05, 0) is 72.3 Å². The van der Waals surface area contributed by atoms with Crippen molar-refractivity contribution in [1.82, 2.24) is 4.90 Å². The van der Waals surface area contributed by atoms with Crippen molar-refractivity contribution in [2.75, 3.05) is 6.54 Å². The van der Waals surface area contributed by atoms with Crippen LogP contribution in [0.3, 0.4) is 0 Å². The standard InChI is InChI=1S/C25H21FN2O2S/c1-2-28-24(29)23(31-25(28)27-21-12-10-20(26)11-13-21)16-18-8-14-22(15-9-18)30-17-19-6-4-3-5-7-19/h3-16H,2,17H2,1H3/b23-16+,27-25?. The van der Waals surface area contributed by atoms with E-state index in [4.69, 9.17) is 4.74 Å². The predicted molar refractivity (Wildman–Crippen MR) is 124 cm³/mol. The highest BCUT2D eigenvalue weighted by molar-refractivity contribution is 8.18. The Morgan fingerprint density at radius 1 is 1.00 bits per heavy atom. The van der Waals surface area contributed by atoms with Gasteiger partial charge in [0.25, 0.3) is 5.91 Å². The number of thioether (sulfide) groups is 1. The van der Waals surface area contributed by atoms with E-state index in [1.54, 1.807) is 17.0 Å². The lowest BCUT2D eigenvalue weighted by molar-refractivity contribution is -0.122. The summed E-state index contributed by atoms with van der Waals surface area (Å²) in [4.78, 5) is 19.5. The zero-order valence-corrected chi connectivity index (χ0v) is 17.8. The number of aliphatic imine (C=N–C) groups is 1. The first-order valence-corrected chi connectivity index (χ1v) is 10.8. The molecule has 0 unspecified atom stereocenters. The fourth-order valence-corrected chi connectivity index (χ4v) is 4.11. The van der Waals surface area contributed by atoms with Gasteiger partial charge in [0.15, 0.2) is 5.17 Å². The number of amides is 1. The Hall–Kier alpha value is -3.38. The molecule has 0 atom stereocenters. The molecular formula is C25H21FN2O2S. The topological polar surface area (TPSA) is 41.9 Å². The lowest BCUT2D eigenvalue weighted by atomic mass is 10.2. The molecule has 6 heteroatoms. The molecule has 1 fully saturated rings. The van der Waals surface area contributed by atoms with Gasteiger partial charge in [-0.3, -0.25) is 9.69 Å². The molecule has 3 aromatic rings. The molecule has 1 aliphatic rings. The summed E-state index contributed by atoms with van der Waals surface area (Å²) >= 11 is 1.32. The number of rotatable bonds is 6. The van der Waals surface area contributed by atoms with Crippen LogP contribution in [0.5, 0.6) is 5.75 Å². The normalized spacial score (nSPS) is 16.3. The van der Waals surface area contributed by atoms with Crippen LogP contribution in [0, 0.1) is 5.82 Å². The van der Waals surface area contributed by atoms with Crippen molar-refractivity contribution in [3.8, 4) is 5.75 Å². The number of hydrogen-bond acceptors (Lipinski definition) is 4. The molecule has 4 nitrogen and oxygen atoms in total. The molecule has 31 heavy (non-hydrogen) atoms. The highest BCUT2D eigenvalue weighted by Crippen LogP contribution is 2.34. The van der Waals surface area contributed by atoms with Crippen LogP contribution in [-0.4, -0.2) is 22.5 Å². The summed E-state index contributed by atoms with van der Waals surface area (Å²) in [6.45, 7) is 2.92. The molecule has 0 N–H and O–H groups in total. The molecule has 0 spiro atoms. The van der Waals surface area contributed by atoms with Gasteiger partial charge in [0.05, 0.1) is 10.6 Å². The van der Waals surface area contributed by atoms with Crippen LogP contribution in [0.4, 0.5) is 10.1 Å². The highest BCUT2D eigenvalue weighted by Gasteiger charge is 2.32. The molecule has 3 aromatic carbocycles. The van der Waals surface area contributed by atoms with E-state index in [9.17, 15) is 9.18 Å². The summed E-state index contributed by atoms with van der Waals surface area (Å²) in [5.41, 5.74) is 2.62. The second kappa shape index (κ2) is 9.62. The number of likely N-dealkylation sites (N-methyl/N-ethyl adjacent to an activating group) is 1. The van der Waals surface area contributed by atoms with E-state index in [1.165, 1.54) is 23.9 Å². The number of amidine groups is 1. The number of carbonyl (C=O) groups is 1. The number of carbonyl (C=O) groups excluding carboxylic acids is 1. The van der Waals surface area contributed by atoms with Gasteiger partial charge in [0, 0.05) is 6.54 Å². The largest absolute Gasteiger partial charge is 0.489 e. The van der Waals surface area contributed by atoms with Crippen molar-refractivity contribution in [3.05, 3.63) is 101 Å². The van der Waals surface area contributed by atoms with Crippen LogP contribution in [0.15, 0.2) is 88.8 Å². The molecule has 0 saturated carbocycles. The molecule has 0 aromatic heterocycles. The van der Waals surface area contributed by atoms with E-state index < -0.39 is 0 Å². The number of ether oxygens (including phenoxy) is 1. The maximum absolute atomic E-state index is 13.1. The van der Waals surface area contributed by atoms with E-state index in [2.05, 4.69) is 4.99 Å². The quantitative estimate of drug-likeness (QED) is 0.447. The summed E-state index contributed by atoms with van der Waals surface area (Å²) in [6, 6.07) is 23.5. The summed E-state index contributed by atoms with van der Waals surface area (Å²) in [5, 5.41) is 0.591. The maximum Gasteiger partial charge on any atom is 0.266 e. The third-order valence-corrected chi connectivity index (χ3v) is 5.69. The number of benzene rings is 3. The second-order valence-corrected chi connectivity index (χ2v) is 7.88. The SMILES string of the molecule is CCN1C(=O)/C(=C\c2ccc(OCc3ccccc3)cc2)SC1=Nc1ccc(F)cc1.